The molecule has 1 fully saturated rings. The van der Waals surface area contributed by atoms with Crippen molar-refractivity contribution >= 4 is 21.4 Å². The number of nitrogens with one attached hydrogen (secondary N) is 1. The van der Waals surface area contributed by atoms with Crippen molar-refractivity contribution in [2.24, 2.45) is 11.7 Å². The van der Waals surface area contributed by atoms with Crippen LogP contribution in [0.1, 0.15) is 25.5 Å². The van der Waals surface area contributed by atoms with Gasteiger partial charge in [0.05, 0.1) is 0 Å². The Morgan fingerprint density at radius 2 is 2.21 bits per heavy atom. The highest BCUT2D eigenvalue weighted by molar-refractivity contribution is 7.91. The molecule has 0 spiro atoms. The lowest BCUT2D eigenvalue weighted by atomic mass is 9.94. The van der Waals surface area contributed by atoms with Gasteiger partial charge in [0.25, 0.3) is 10.0 Å². The van der Waals surface area contributed by atoms with E-state index in [-0.39, 0.29) is 15.1 Å². The first-order valence-corrected chi connectivity index (χ1v) is 8.53. The molecule has 0 radical (unpaired) electrons. The fraction of sp³-hybridized carbons (Fsp3) is 0.727. The summed E-state index contributed by atoms with van der Waals surface area (Å²) in [7, 11) is -3.62. The first-order valence-electron chi connectivity index (χ1n) is 6.28. The first-order chi connectivity index (χ1) is 8.86. The summed E-state index contributed by atoms with van der Waals surface area (Å²) in [6, 6.07) is -0.176. The van der Waals surface area contributed by atoms with Gasteiger partial charge in [-0.1, -0.05) is 18.3 Å². The molecule has 6 nitrogen and oxygen atoms in total. The Labute approximate surface area is 116 Å². The van der Waals surface area contributed by atoms with Gasteiger partial charge in [0, 0.05) is 24.8 Å². The standard InChI is InChI=1S/C11H19N3O3S2/c1-7-3-4-14(9(5-7)6-12)19(16,17)10-8(2)13-11(15)18-10/h7,9H,3-6,12H2,1-2H3,(H,13,15). The molecule has 0 aromatic carbocycles. The van der Waals surface area contributed by atoms with Crippen LogP contribution in [0.2, 0.25) is 0 Å². The van der Waals surface area contributed by atoms with E-state index < -0.39 is 10.0 Å². The fourth-order valence-electron chi connectivity index (χ4n) is 2.50. The maximum Gasteiger partial charge on any atom is 0.305 e. The van der Waals surface area contributed by atoms with Crippen molar-refractivity contribution < 1.29 is 8.42 Å². The summed E-state index contributed by atoms with van der Waals surface area (Å²) in [4.78, 5) is 13.5. The van der Waals surface area contributed by atoms with E-state index in [0.29, 0.717) is 24.7 Å². The molecule has 2 atom stereocenters. The minimum atomic E-state index is -3.62. The van der Waals surface area contributed by atoms with E-state index in [0.717, 1.165) is 24.2 Å². The van der Waals surface area contributed by atoms with Crippen LogP contribution in [0.15, 0.2) is 9.00 Å². The predicted octanol–water partition coefficient (Wildman–Crippen LogP) is 0.493. The molecule has 1 saturated heterocycles. The molecule has 3 N–H and O–H groups in total. The van der Waals surface area contributed by atoms with Gasteiger partial charge in [-0.25, -0.2) is 8.42 Å². The highest BCUT2D eigenvalue weighted by atomic mass is 32.2. The number of H-pyrrole nitrogens is 1. The molecule has 108 valence electrons. The molecular formula is C11H19N3O3S2. The average Bonchev–Trinajstić information content (AvgIpc) is 2.68. The Bertz CT molecular complexity index is 605. The predicted molar refractivity (Wildman–Crippen MR) is 74.8 cm³/mol. The molecule has 1 aliphatic heterocycles. The van der Waals surface area contributed by atoms with Gasteiger partial charge in [-0.05, 0) is 25.7 Å². The second-order valence-corrected chi connectivity index (χ2v) is 8.13. The van der Waals surface area contributed by atoms with Gasteiger partial charge in [-0.15, -0.1) is 0 Å². The SMILES string of the molecule is Cc1[nH]c(=O)sc1S(=O)(=O)N1CCC(C)CC1CN. The van der Waals surface area contributed by atoms with Crippen LogP contribution in [0.5, 0.6) is 0 Å². The van der Waals surface area contributed by atoms with Gasteiger partial charge < -0.3 is 10.7 Å². The number of rotatable bonds is 3. The monoisotopic (exact) mass is 305 g/mol. The average molecular weight is 305 g/mol. The fourth-order valence-corrected chi connectivity index (χ4v) is 5.58. The second-order valence-electron chi connectivity index (χ2n) is 5.06. The maximum absolute atomic E-state index is 12.6. The summed E-state index contributed by atoms with van der Waals surface area (Å²) in [5.41, 5.74) is 6.11. The zero-order chi connectivity index (χ0) is 14.2. The molecule has 2 heterocycles. The molecule has 1 aliphatic rings. The van der Waals surface area contributed by atoms with Gasteiger partial charge in [0.2, 0.25) is 0 Å². The Balaban J connectivity index is 2.38. The summed E-state index contributed by atoms with van der Waals surface area (Å²) < 4.78 is 26.8. The number of hydrogen-bond acceptors (Lipinski definition) is 5. The maximum atomic E-state index is 12.6. The number of thiazole rings is 1. The number of nitrogens with zero attached hydrogens (tertiary/aromatic N) is 1. The third-order valence-electron chi connectivity index (χ3n) is 3.52. The molecule has 0 aliphatic carbocycles. The van der Waals surface area contributed by atoms with E-state index in [4.69, 9.17) is 5.73 Å². The van der Waals surface area contributed by atoms with Crippen LogP contribution in [-0.4, -0.2) is 36.8 Å². The van der Waals surface area contributed by atoms with Crippen molar-refractivity contribution in [1.82, 2.24) is 9.29 Å². The van der Waals surface area contributed by atoms with E-state index >= 15 is 0 Å². The Morgan fingerprint density at radius 3 is 2.74 bits per heavy atom. The van der Waals surface area contributed by atoms with Crippen LogP contribution in [0.25, 0.3) is 0 Å². The van der Waals surface area contributed by atoms with E-state index in [1.165, 1.54) is 4.31 Å². The number of aromatic amines is 1. The van der Waals surface area contributed by atoms with Crippen LogP contribution in [0.4, 0.5) is 0 Å². The molecular weight excluding hydrogens is 286 g/mol. The Morgan fingerprint density at radius 1 is 1.53 bits per heavy atom. The smallest absolute Gasteiger partial charge is 0.305 e. The highest BCUT2D eigenvalue weighted by Gasteiger charge is 2.36. The van der Waals surface area contributed by atoms with Crippen LogP contribution in [-0.2, 0) is 10.0 Å². The lowest BCUT2D eigenvalue weighted by Gasteiger charge is -2.36. The first kappa shape index (κ1) is 14.7. The number of hydrogen-bond donors (Lipinski definition) is 2. The number of aryl methyl sites for hydroxylation is 1. The molecule has 0 saturated carbocycles. The zero-order valence-electron chi connectivity index (χ0n) is 11.0. The molecule has 19 heavy (non-hydrogen) atoms. The minimum absolute atomic E-state index is 0.116. The largest absolute Gasteiger partial charge is 0.329 e. The van der Waals surface area contributed by atoms with Crippen LogP contribution >= 0.6 is 11.3 Å². The van der Waals surface area contributed by atoms with E-state index in [9.17, 15) is 13.2 Å². The molecule has 1 aromatic rings. The third-order valence-corrected chi connectivity index (χ3v) is 7.05. The summed E-state index contributed by atoms with van der Waals surface area (Å²) in [5.74, 6) is 0.478. The van der Waals surface area contributed by atoms with E-state index in [1.54, 1.807) is 6.92 Å². The van der Waals surface area contributed by atoms with Crippen molar-refractivity contribution in [2.75, 3.05) is 13.1 Å². The second kappa shape index (κ2) is 5.35. The molecule has 1 aromatic heterocycles. The molecule has 0 amide bonds. The molecule has 8 heteroatoms. The summed E-state index contributed by atoms with van der Waals surface area (Å²) >= 11 is 0.747. The van der Waals surface area contributed by atoms with Gasteiger partial charge in [-0.3, -0.25) is 4.79 Å². The van der Waals surface area contributed by atoms with Gasteiger partial charge in [-0.2, -0.15) is 4.31 Å². The zero-order valence-corrected chi connectivity index (χ0v) is 12.7. The van der Waals surface area contributed by atoms with Gasteiger partial charge in [0.1, 0.15) is 0 Å². The van der Waals surface area contributed by atoms with Crippen molar-refractivity contribution in [1.29, 1.82) is 0 Å². The summed E-state index contributed by atoms with van der Waals surface area (Å²) in [6.45, 7) is 4.49. The van der Waals surface area contributed by atoms with Gasteiger partial charge >= 0.3 is 4.87 Å². The Kier molecular flexibility index (Phi) is 4.14. The van der Waals surface area contributed by atoms with Crippen LogP contribution < -0.4 is 10.6 Å². The number of nitrogens with two attached hydrogens (primary N) is 1. The third kappa shape index (κ3) is 2.76. The topological polar surface area (TPSA) is 96.3 Å². The summed E-state index contributed by atoms with van der Waals surface area (Å²) in [5, 5.41) is 0. The number of aromatic nitrogens is 1. The quantitative estimate of drug-likeness (QED) is 0.849. The molecule has 0 bridgehead atoms. The van der Waals surface area contributed by atoms with Crippen molar-refractivity contribution in [3.8, 4) is 0 Å². The van der Waals surface area contributed by atoms with Crippen molar-refractivity contribution in [3.05, 3.63) is 15.4 Å². The van der Waals surface area contributed by atoms with Crippen molar-refractivity contribution in [2.45, 2.75) is 36.9 Å². The van der Waals surface area contributed by atoms with E-state index in [2.05, 4.69) is 11.9 Å². The minimum Gasteiger partial charge on any atom is -0.329 e. The van der Waals surface area contributed by atoms with Crippen molar-refractivity contribution in [3.63, 3.8) is 0 Å². The molecule has 2 unspecified atom stereocenters. The highest BCUT2D eigenvalue weighted by Crippen LogP contribution is 2.29. The van der Waals surface area contributed by atoms with E-state index in [1.807, 2.05) is 0 Å². The Hall–Kier alpha value is -0.700. The number of sulfonamides is 1. The lowest BCUT2D eigenvalue weighted by Crippen LogP contribution is -2.49. The van der Waals surface area contributed by atoms with Crippen LogP contribution in [0.3, 0.4) is 0 Å². The van der Waals surface area contributed by atoms with Crippen LogP contribution in [0, 0.1) is 12.8 Å². The number of piperidine rings is 1. The normalized spacial score (nSPS) is 25.6. The summed E-state index contributed by atoms with van der Waals surface area (Å²) in [6.07, 6.45) is 1.60. The molecule has 2 rings (SSSR count). The van der Waals surface area contributed by atoms with Gasteiger partial charge in [0.15, 0.2) is 4.21 Å². The lowest BCUT2D eigenvalue weighted by molar-refractivity contribution is 0.211.